The van der Waals surface area contributed by atoms with E-state index in [0.29, 0.717) is 18.6 Å². The van der Waals surface area contributed by atoms with Gasteiger partial charge in [-0.25, -0.2) is 8.78 Å². The second-order valence-electron chi connectivity index (χ2n) is 3.51. The lowest BCUT2D eigenvalue weighted by atomic mass is 9.81. The minimum absolute atomic E-state index is 0.0234. The van der Waals surface area contributed by atoms with Crippen molar-refractivity contribution in [1.29, 1.82) is 0 Å². The van der Waals surface area contributed by atoms with Gasteiger partial charge in [-0.15, -0.1) is 0 Å². The Balaban J connectivity index is 2.24. The third-order valence-corrected chi connectivity index (χ3v) is 2.61. The van der Waals surface area contributed by atoms with Gasteiger partial charge in [-0.05, 0) is 19.8 Å². The van der Waals surface area contributed by atoms with Crippen molar-refractivity contribution >= 4 is 5.71 Å². The molecule has 2 nitrogen and oxygen atoms in total. The zero-order valence-corrected chi connectivity index (χ0v) is 6.89. The van der Waals surface area contributed by atoms with Gasteiger partial charge < -0.3 is 4.84 Å². The van der Waals surface area contributed by atoms with Crippen LogP contribution in [0, 0.1) is 5.92 Å². The molecule has 0 amide bonds. The van der Waals surface area contributed by atoms with Crippen molar-refractivity contribution in [2.45, 2.75) is 38.2 Å². The summed E-state index contributed by atoms with van der Waals surface area (Å²) in [5.74, 6) is -3.36. The van der Waals surface area contributed by atoms with Crippen LogP contribution in [-0.4, -0.2) is 17.7 Å². The molecule has 0 N–H and O–H groups in total. The standard InChI is InChI=1S/C8H11F2NO/c1-5-7-6(12-11-5)3-2-4-8(7,9)10/h6-7H,2-4H2,1H3. The number of alkyl halides is 2. The summed E-state index contributed by atoms with van der Waals surface area (Å²) < 4.78 is 26.5. The van der Waals surface area contributed by atoms with Gasteiger partial charge in [-0.2, -0.15) is 0 Å². The predicted molar refractivity (Wildman–Crippen MR) is 40.3 cm³/mol. The fourth-order valence-corrected chi connectivity index (χ4v) is 2.03. The van der Waals surface area contributed by atoms with Crippen LogP contribution in [0.15, 0.2) is 5.16 Å². The maximum Gasteiger partial charge on any atom is 0.259 e. The van der Waals surface area contributed by atoms with E-state index in [1.807, 2.05) is 0 Å². The van der Waals surface area contributed by atoms with E-state index < -0.39 is 11.8 Å². The van der Waals surface area contributed by atoms with Crippen molar-refractivity contribution in [3.63, 3.8) is 0 Å². The van der Waals surface area contributed by atoms with Gasteiger partial charge >= 0.3 is 0 Å². The number of hydrogen-bond acceptors (Lipinski definition) is 2. The van der Waals surface area contributed by atoms with Gasteiger partial charge in [0.1, 0.15) is 12.0 Å². The Hall–Kier alpha value is -0.670. The van der Waals surface area contributed by atoms with Crippen molar-refractivity contribution in [2.75, 3.05) is 0 Å². The highest BCUT2D eigenvalue weighted by molar-refractivity contribution is 5.86. The lowest BCUT2D eigenvalue weighted by Gasteiger charge is -2.31. The molecule has 0 aromatic rings. The number of halogens is 2. The third-order valence-electron chi connectivity index (χ3n) is 2.61. The van der Waals surface area contributed by atoms with Crippen molar-refractivity contribution in [3.8, 4) is 0 Å². The maximum atomic E-state index is 13.2. The Kier molecular flexibility index (Phi) is 1.59. The Morgan fingerprint density at radius 3 is 3.00 bits per heavy atom. The summed E-state index contributed by atoms with van der Waals surface area (Å²) in [6, 6.07) is 0. The summed E-state index contributed by atoms with van der Waals surface area (Å²) in [7, 11) is 0. The smallest absolute Gasteiger partial charge is 0.259 e. The van der Waals surface area contributed by atoms with E-state index in [1.54, 1.807) is 6.92 Å². The summed E-state index contributed by atoms with van der Waals surface area (Å²) in [5, 5.41) is 3.61. The first kappa shape index (κ1) is 7.95. The Labute approximate surface area is 69.6 Å². The SMILES string of the molecule is CC1=NOC2CCCC(F)(F)C12. The fourth-order valence-electron chi connectivity index (χ4n) is 2.03. The summed E-state index contributed by atoms with van der Waals surface area (Å²) in [6.07, 6.45) is 0.858. The molecule has 12 heavy (non-hydrogen) atoms. The number of hydrogen-bond donors (Lipinski definition) is 0. The van der Waals surface area contributed by atoms with Crippen molar-refractivity contribution in [3.05, 3.63) is 0 Å². The lowest BCUT2D eigenvalue weighted by Crippen LogP contribution is -2.42. The minimum Gasteiger partial charge on any atom is -0.392 e. The van der Waals surface area contributed by atoms with Crippen molar-refractivity contribution < 1.29 is 13.6 Å². The minimum atomic E-state index is -2.60. The molecule has 1 heterocycles. The van der Waals surface area contributed by atoms with Crippen LogP contribution in [0.4, 0.5) is 8.78 Å². The van der Waals surface area contributed by atoms with Crippen LogP contribution in [0.2, 0.25) is 0 Å². The Morgan fingerprint density at radius 1 is 1.58 bits per heavy atom. The van der Waals surface area contributed by atoms with Crippen LogP contribution in [0.1, 0.15) is 26.2 Å². The first-order valence-electron chi connectivity index (χ1n) is 4.19. The van der Waals surface area contributed by atoms with Crippen LogP contribution in [-0.2, 0) is 4.84 Å². The molecule has 4 heteroatoms. The van der Waals surface area contributed by atoms with E-state index in [9.17, 15) is 8.78 Å². The van der Waals surface area contributed by atoms with E-state index >= 15 is 0 Å². The van der Waals surface area contributed by atoms with Gasteiger partial charge in [0.15, 0.2) is 0 Å². The zero-order chi connectivity index (χ0) is 8.77. The predicted octanol–water partition coefficient (Wildman–Crippen LogP) is 2.20. The molecule has 1 fully saturated rings. The average Bonchev–Trinajstić information content (AvgIpc) is 2.32. The number of fused-ring (bicyclic) bond motifs is 1. The summed E-state index contributed by atoms with van der Waals surface area (Å²) in [4.78, 5) is 4.91. The van der Waals surface area contributed by atoms with E-state index in [1.165, 1.54) is 0 Å². The highest BCUT2D eigenvalue weighted by Gasteiger charge is 2.52. The van der Waals surface area contributed by atoms with Crippen molar-refractivity contribution in [2.24, 2.45) is 11.1 Å². The summed E-state index contributed by atoms with van der Waals surface area (Å²) in [5.41, 5.74) is 0.449. The fraction of sp³-hybridized carbons (Fsp3) is 0.875. The largest absolute Gasteiger partial charge is 0.392 e. The molecule has 0 aromatic carbocycles. The second-order valence-corrected chi connectivity index (χ2v) is 3.51. The molecule has 2 aliphatic rings. The van der Waals surface area contributed by atoms with Gasteiger partial charge in [0.05, 0.1) is 5.71 Å². The molecule has 2 atom stereocenters. The molecule has 2 rings (SSSR count). The molecule has 1 aliphatic heterocycles. The molecule has 0 radical (unpaired) electrons. The van der Waals surface area contributed by atoms with Gasteiger partial charge in [0.25, 0.3) is 5.92 Å². The highest BCUT2D eigenvalue weighted by Crippen LogP contribution is 2.43. The Bertz CT molecular complexity index is 227. The normalized spacial score (nSPS) is 38.4. The van der Waals surface area contributed by atoms with Crippen LogP contribution in [0.3, 0.4) is 0 Å². The third kappa shape index (κ3) is 1.01. The van der Waals surface area contributed by atoms with Gasteiger partial charge in [-0.3, -0.25) is 0 Å². The molecule has 0 bridgehead atoms. The average molecular weight is 175 g/mol. The lowest BCUT2D eigenvalue weighted by molar-refractivity contribution is -0.109. The molecule has 0 aromatic heterocycles. The molecular weight excluding hydrogens is 164 g/mol. The number of nitrogens with zero attached hydrogens (tertiary/aromatic N) is 1. The topological polar surface area (TPSA) is 21.6 Å². The molecular formula is C8H11F2NO. The Morgan fingerprint density at radius 2 is 2.33 bits per heavy atom. The summed E-state index contributed by atoms with van der Waals surface area (Å²) in [6.45, 7) is 1.61. The molecule has 1 saturated carbocycles. The molecule has 1 aliphatic carbocycles. The van der Waals surface area contributed by atoms with Crippen LogP contribution < -0.4 is 0 Å². The number of rotatable bonds is 0. The monoisotopic (exact) mass is 175 g/mol. The van der Waals surface area contributed by atoms with Gasteiger partial charge in [0.2, 0.25) is 0 Å². The molecule has 2 unspecified atom stereocenters. The van der Waals surface area contributed by atoms with E-state index in [4.69, 9.17) is 4.84 Å². The van der Waals surface area contributed by atoms with E-state index in [-0.39, 0.29) is 12.5 Å². The van der Waals surface area contributed by atoms with Gasteiger partial charge in [0, 0.05) is 6.42 Å². The van der Waals surface area contributed by atoms with Crippen molar-refractivity contribution in [1.82, 2.24) is 0 Å². The molecule has 0 saturated heterocycles. The maximum absolute atomic E-state index is 13.2. The molecule has 68 valence electrons. The quantitative estimate of drug-likeness (QED) is 0.553. The second kappa shape index (κ2) is 2.41. The van der Waals surface area contributed by atoms with Crippen LogP contribution in [0.5, 0.6) is 0 Å². The van der Waals surface area contributed by atoms with E-state index in [0.717, 1.165) is 0 Å². The zero-order valence-electron chi connectivity index (χ0n) is 6.89. The number of oxime groups is 1. The summed E-state index contributed by atoms with van der Waals surface area (Å²) >= 11 is 0. The first-order chi connectivity index (χ1) is 5.61. The van der Waals surface area contributed by atoms with Gasteiger partial charge in [-0.1, -0.05) is 5.16 Å². The van der Waals surface area contributed by atoms with Crippen LogP contribution >= 0.6 is 0 Å². The highest BCUT2D eigenvalue weighted by atomic mass is 19.3. The molecule has 0 spiro atoms. The van der Waals surface area contributed by atoms with E-state index in [2.05, 4.69) is 5.16 Å². The van der Waals surface area contributed by atoms with Crippen LogP contribution in [0.25, 0.3) is 0 Å². The first-order valence-corrected chi connectivity index (χ1v) is 4.19.